The van der Waals surface area contributed by atoms with Crippen molar-refractivity contribution in [2.75, 3.05) is 18.0 Å². The lowest BCUT2D eigenvalue weighted by Gasteiger charge is -2.35. The van der Waals surface area contributed by atoms with Crippen LogP contribution in [0.25, 0.3) is 0 Å². The summed E-state index contributed by atoms with van der Waals surface area (Å²) < 4.78 is 0. The fraction of sp³-hybridized carbons (Fsp3) is 0.667. The molecule has 0 spiro atoms. The van der Waals surface area contributed by atoms with E-state index in [1.54, 1.807) is 0 Å². The summed E-state index contributed by atoms with van der Waals surface area (Å²) in [7, 11) is 0. The molecule has 2 nitrogen and oxygen atoms in total. The Morgan fingerprint density at radius 2 is 2.15 bits per heavy atom. The molecule has 2 unspecified atom stereocenters. The van der Waals surface area contributed by atoms with Crippen LogP contribution in [0, 0.1) is 12.8 Å². The number of rotatable bonds is 5. The maximum atomic E-state index is 6.19. The standard InChI is InChI=1S/C18H30N2/c1-4-15-7-6-10-20(13-15)18-9-8-14(3)11-16(18)12-17(19)5-2/h8-9,11,15,17H,4-7,10,12-13,19H2,1-3H3. The quantitative estimate of drug-likeness (QED) is 0.882. The Balaban J connectivity index is 2.21. The number of benzene rings is 1. The molecule has 2 rings (SSSR count). The van der Waals surface area contributed by atoms with Gasteiger partial charge in [-0.05, 0) is 50.2 Å². The summed E-state index contributed by atoms with van der Waals surface area (Å²) in [6.45, 7) is 9.09. The smallest absolute Gasteiger partial charge is 0.0399 e. The van der Waals surface area contributed by atoms with Crippen LogP contribution in [0.1, 0.15) is 50.7 Å². The fourth-order valence-electron chi connectivity index (χ4n) is 3.23. The van der Waals surface area contributed by atoms with Gasteiger partial charge in [-0.25, -0.2) is 0 Å². The normalized spacial score (nSPS) is 21.0. The van der Waals surface area contributed by atoms with E-state index in [1.165, 1.54) is 49.2 Å². The van der Waals surface area contributed by atoms with Crippen LogP contribution in [-0.2, 0) is 6.42 Å². The third-order valence-electron chi connectivity index (χ3n) is 4.68. The van der Waals surface area contributed by atoms with E-state index in [9.17, 15) is 0 Å². The van der Waals surface area contributed by atoms with Crippen LogP contribution in [-0.4, -0.2) is 19.1 Å². The largest absolute Gasteiger partial charge is 0.371 e. The van der Waals surface area contributed by atoms with Crippen molar-refractivity contribution < 1.29 is 0 Å². The molecule has 112 valence electrons. The van der Waals surface area contributed by atoms with Crippen molar-refractivity contribution in [3.05, 3.63) is 29.3 Å². The Hall–Kier alpha value is -1.02. The van der Waals surface area contributed by atoms with Crippen LogP contribution in [0.15, 0.2) is 18.2 Å². The van der Waals surface area contributed by atoms with Crippen LogP contribution < -0.4 is 10.6 Å². The molecule has 2 N–H and O–H groups in total. The zero-order valence-electron chi connectivity index (χ0n) is 13.4. The highest BCUT2D eigenvalue weighted by atomic mass is 15.1. The molecule has 0 aromatic heterocycles. The van der Waals surface area contributed by atoms with E-state index >= 15 is 0 Å². The molecule has 0 aliphatic carbocycles. The zero-order chi connectivity index (χ0) is 14.5. The molecule has 1 aliphatic heterocycles. The average molecular weight is 274 g/mol. The second kappa shape index (κ2) is 7.12. The Morgan fingerprint density at radius 1 is 1.35 bits per heavy atom. The predicted octanol–water partition coefficient (Wildman–Crippen LogP) is 3.90. The van der Waals surface area contributed by atoms with E-state index in [0.717, 1.165) is 18.8 Å². The van der Waals surface area contributed by atoms with Gasteiger partial charge in [0, 0.05) is 24.8 Å². The number of aryl methyl sites for hydroxylation is 1. The van der Waals surface area contributed by atoms with Crippen molar-refractivity contribution in [3.8, 4) is 0 Å². The van der Waals surface area contributed by atoms with Gasteiger partial charge in [0.05, 0.1) is 0 Å². The zero-order valence-corrected chi connectivity index (χ0v) is 13.4. The highest BCUT2D eigenvalue weighted by Crippen LogP contribution is 2.29. The van der Waals surface area contributed by atoms with Gasteiger partial charge in [-0.2, -0.15) is 0 Å². The van der Waals surface area contributed by atoms with Gasteiger partial charge in [0.15, 0.2) is 0 Å². The Labute approximate surface area is 124 Å². The number of nitrogens with zero attached hydrogens (tertiary/aromatic N) is 1. The number of piperidine rings is 1. The van der Waals surface area contributed by atoms with Crippen molar-refractivity contribution in [3.63, 3.8) is 0 Å². The third kappa shape index (κ3) is 3.76. The molecular formula is C18H30N2. The van der Waals surface area contributed by atoms with Gasteiger partial charge in [0.1, 0.15) is 0 Å². The first-order chi connectivity index (χ1) is 9.63. The second-order valence-electron chi connectivity index (χ2n) is 6.37. The van der Waals surface area contributed by atoms with Gasteiger partial charge in [-0.1, -0.05) is 38.0 Å². The predicted molar refractivity (Wildman–Crippen MR) is 88.4 cm³/mol. The molecule has 1 saturated heterocycles. The summed E-state index contributed by atoms with van der Waals surface area (Å²) in [5.74, 6) is 0.859. The van der Waals surface area contributed by atoms with Gasteiger partial charge in [0.2, 0.25) is 0 Å². The van der Waals surface area contributed by atoms with Crippen LogP contribution in [0.4, 0.5) is 5.69 Å². The molecule has 20 heavy (non-hydrogen) atoms. The maximum Gasteiger partial charge on any atom is 0.0399 e. The second-order valence-corrected chi connectivity index (χ2v) is 6.37. The monoisotopic (exact) mass is 274 g/mol. The molecule has 2 heteroatoms. The van der Waals surface area contributed by atoms with Gasteiger partial charge in [0.25, 0.3) is 0 Å². The fourth-order valence-corrected chi connectivity index (χ4v) is 3.23. The first-order valence-corrected chi connectivity index (χ1v) is 8.24. The van der Waals surface area contributed by atoms with Gasteiger partial charge >= 0.3 is 0 Å². The van der Waals surface area contributed by atoms with Gasteiger partial charge < -0.3 is 10.6 Å². The van der Waals surface area contributed by atoms with Crippen molar-refractivity contribution in [1.82, 2.24) is 0 Å². The van der Waals surface area contributed by atoms with Gasteiger partial charge in [-0.15, -0.1) is 0 Å². The minimum atomic E-state index is 0.280. The summed E-state index contributed by atoms with van der Waals surface area (Å²) in [6.07, 6.45) is 6.06. The minimum absolute atomic E-state index is 0.280. The molecule has 1 aromatic rings. The minimum Gasteiger partial charge on any atom is -0.371 e. The first kappa shape index (κ1) is 15.4. The maximum absolute atomic E-state index is 6.19. The number of nitrogens with two attached hydrogens (primary N) is 1. The molecular weight excluding hydrogens is 244 g/mol. The highest BCUT2D eigenvalue weighted by molar-refractivity contribution is 5.55. The summed E-state index contributed by atoms with van der Waals surface area (Å²) in [6, 6.07) is 7.17. The third-order valence-corrected chi connectivity index (χ3v) is 4.68. The molecule has 0 amide bonds. The van der Waals surface area contributed by atoms with E-state index in [2.05, 4.69) is 43.9 Å². The van der Waals surface area contributed by atoms with Gasteiger partial charge in [-0.3, -0.25) is 0 Å². The topological polar surface area (TPSA) is 29.3 Å². The van der Waals surface area contributed by atoms with E-state index in [4.69, 9.17) is 5.73 Å². The summed E-state index contributed by atoms with van der Waals surface area (Å²) in [5.41, 5.74) is 10.4. The van der Waals surface area contributed by atoms with Crippen LogP contribution in [0.5, 0.6) is 0 Å². The summed E-state index contributed by atoms with van der Waals surface area (Å²) in [4.78, 5) is 2.59. The molecule has 0 bridgehead atoms. The van der Waals surface area contributed by atoms with E-state index < -0.39 is 0 Å². The Bertz CT molecular complexity index is 427. The van der Waals surface area contributed by atoms with Crippen molar-refractivity contribution in [2.24, 2.45) is 11.7 Å². The molecule has 0 radical (unpaired) electrons. The van der Waals surface area contributed by atoms with Crippen LogP contribution in [0.3, 0.4) is 0 Å². The number of hydrogen-bond donors (Lipinski definition) is 1. The molecule has 2 atom stereocenters. The van der Waals surface area contributed by atoms with E-state index in [1.807, 2.05) is 0 Å². The lowest BCUT2D eigenvalue weighted by atomic mass is 9.93. The summed E-state index contributed by atoms with van der Waals surface area (Å²) in [5, 5.41) is 0. The Morgan fingerprint density at radius 3 is 2.85 bits per heavy atom. The van der Waals surface area contributed by atoms with E-state index in [-0.39, 0.29) is 6.04 Å². The lowest BCUT2D eigenvalue weighted by molar-refractivity contribution is 0.404. The van der Waals surface area contributed by atoms with Crippen molar-refractivity contribution in [2.45, 2.75) is 58.9 Å². The number of anilines is 1. The molecule has 1 fully saturated rings. The van der Waals surface area contributed by atoms with Crippen molar-refractivity contribution >= 4 is 5.69 Å². The SMILES string of the molecule is CCC(N)Cc1cc(C)ccc1N1CCCC(CC)C1. The molecule has 1 aliphatic rings. The Kier molecular flexibility index (Phi) is 5.47. The molecule has 1 heterocycles. The highest BCUT2D eigenvalue weighted by Gasteiger charge is 2.21. The van der Waals surface area contributed by atoms with E-state index in [0.29, 0.717) is 0 Å². The van der Waals surface area contributed by atoms with Crippen LogP contribution in [0.2, 0.25) is 0 Å². The number of hydrogen-bond acceptors (Lipinski definition) is 2. The van der Waals surface area contributed by atoms with Crippen molar-refractivity contribution in [1.29, 1.82) is 0 Å². The first-order valence-electron chi connectivity index (χ1n) is 8.24. The lowest BCUT2D eigenvalue weighted by Crippen LogP contribution is -2.36. The van der Waals surface area contributed by atoms with Crippen LogP contribution >= 0.6 is 0 Å². The molecule has 1 aromatic carbocycles. The summed E-state index contributed by atoms with van der Waals surface area (Å²) >= 11 is 0. The molecule has 0 saturated carbocycles. The average Bonchev–Trinajstić information content (AvgIpc) is 2.47.